The molecule has 0 spiro atoms. The van der Waals surface area contributed by atoms with Crippen LogP contribution in [0.4, 0.5) is 5.69 Å². The molecule has 0 bridgehead atoms. The molecule has 116 valence electrons. The molecule has 0 fully saturated rings. The topological polar surface area (TPSA) is 90.7 Å². The normalized spacial score (nSPS) is 11.8. The number of carbonyl (C=O) groups excluding carboxylic acids is 1. The maximum Gasteiger partial charge on any atom is 0.311 e. The summed E-state index contributed by atoms with van der Waals surface area (Å²) < 4.78 is 10.1. The molecular weight excluding hydrogens is 344 g/mol. The van der Waals surface area contributed by atoms with Crippen molar-refractivity contribution in [3.8, 4) is 5.75 Å². The average Bonchev–Trinajstić information content (AvgIpc) is 2.46. The van der Waals surface area contributed by atoms with Crippen molar-refractivity contribution in [3.05, 3.63) is 33.9 Å². The maximum absolute atomic E-state index is 12.3. The van der Waals surface area contributed by atoms with E-state index < -0.39 is 10.8 Å². The van der Waals surface area contributed by atoms with E-state index in [2.05, 4.69) is 21.2 Å². The van der Waals surface area contributed by atoms with E-state index in [4.69, 9.17) is 9.47 Å². The Bertz CT molecular complexity index is 503. The van der Waals surface area contributed by atoms with Crippen LogP contribution in [0.5, 0.6) is 5.75 Å². The number of alkyl halides is 1. The first-order valence-electron chi connectivity index (χ1n) is 6.22. The number of hydrogen-bond acceptors (Lipinski definition) is 5. The molecule has 1 atom stereocenters. The highest BCUT2D eigenvalue weighted by Gasteiger charge is 2.23. The molecule has 0 aliphatic rings. The van der Waals surface area contributed by atoms with Gasteiger partial charge in [-0.25, -0.2) is 0 Å². The Morgan fingerprint density at radius 1 is 1.48 bits per heavy atom. The van der Waals surface area contributed by atoms with Crippen LogP contribution in [0.2, 0.25) is 0 Å². The number of para-hydroxylation sites is 1. The number of nitro benzene ring substituents is 1. The standard InChI is InChI=1S/C13H17BrN2O5/c1-20-8-9(6-7-14)15-13(17)10-4-3-5-11(16(18)19)12(10)21-2/h3-5,9H,6-8H2,1-2H3,(H,15,17). The van der Waals surface area contributed by atoms with Crippen molar-refractivity contribution in [2.75, 3.05) is 26.2 Å². The highest BCUT2D eigenvalue weighted by molar-refractivity contribution is 9.09. The summed E-state index contributed by atoms with van der Waals surface area (Å²) in [5.41, 5.74) is -0.115. The van der Waals surface area contributed by atoms with E-state index in [1.165, 1.54) is 25.3 Å². The number of benzene rings is 1. The van der Waals surface area contributed by atoms with Crippen molar-refractivity contribution < 1.29 is 19.2 Å². The summed E-state index contributed by atoms with van der Waals surface area (Å²) in [5, 5.41) is 14.4. The lowest BCUT2D eigenvalue weighted by molar-refractivity contribution is -0.385. The molecule has 0 saturated heterocycles. The predicted molar refractivity (Wildman–Crippen MR) is 81.2 cm³/mol. The van der Waals surface area contributed by atoms with Crippen LogP contribution >= 0.6 is 15.9 Å². The quantitative estimate of drug-likeness (QED) is 0.435. The number of nitro groups is 1. The Kier molecular flexibility index (Phi) is 7.10. The molecule has 21 heavy (non-hydrogen) atoms. The minimum atomic E-state index is -0.583. The largest absolute Gasteiger partial charge is 0.490 e. The van der Waals surface area contributed by atoms with Crippen LogP contribution in [0, 0.1) is 10.1 Å². The van der Waals surface area contributed by atoms with Crippen LogP contribution in [0.15, 0.2) is 18.2 Å². The summed E-state index contributed by atoms with van der Waals surface area (Å²) in [6.45, 7) is 0.356. The lowest BCUT2D eigenvalue weighted by Crippen LogP contribution is -2.38. The number of amides is 1. The first-order valence-corrected chi connectivity index (χ1v) is 7.34. The number of ether oxygens (including phenoxy) is 2. The number of methoxy groups -OCH3 is 2. The Balaban J connectivity index is 3.01. The van der Waals surface area contributed by atoms with Gasteiger partial charge in [0.15, 0.2) is 0 Å². The van der Waals surface area contributed by atoms with Gasteiger partial charge in [0.05, 0.1) is 30.2 Å². The summed E-state index contributed by atoms with van der Waals surface area (Å²) in [6.07, 6.45) is 0.677. The van der Waals surface area contributed by atoms with Crippen LogP contribution in [-0.4, -0.2) is 43.0 Å². The average molecular weight is 361 g/mol. The van der Waals surface area contributed by atoms with Crippen LogP contribution < -0.4 is 10.1 Å². The fourth-order valence-electron chi connectivity index (χ4n) is 1.86. The van der Waals surface area contributed by atoms with Gasteiger partial charge in [-0.3, -0.25) is 14.9 Å². The molecule has 7 nitrogen and oxygen atoms in total. The second-order valence-electron chi connectivity index (χ2n) is 4.22. The second kappa shape index (κ2) is 8.58. The first-order chi connectivity index (χ1) is 10.0. The van der Waals surface area contributed by atoms with Gasteiger partial charge >= 0.3 is 5.69 Å². The molecule has 8 heteroatoms. The van der Waals surface area contributed by atoms with Gasteiger partial charge in [0.1, 0.15) is 0 Å². The summed E-state index contributed by atoms with van der Waals surface area (Å²) in [7, 11) is 2.84. The van der Waals surface area contributed by atoms with E-state index in [-0.39, 0.29) is 23.0 Å². The van der Waals surface area contributed by atoms with Crippen LogP contribution in [0.1, 0.15) is 16.8 Å². The molecule has 0 aliphatic heterocycles. The van der Waals surface area contributed by atoms with Gasteiger partial charge in [-0.2, -0.15) is 0 Å². The van der Waals surface area contributed by atoms with E-state index in [1.807, 2.05) is 0 Å². The molecule has 0 heterocycles. The van der Waals surface area contributed by atoms with Crippen molar-refractivity contribution in [3.63, 3.8) is 0 Å². The lowest BCUT2D eigenvalue weighted by Gasteiger charge is -2.17. The SMILES string of the molecule is COCC(CCBr)NC(=O)c1cccc([N+](=O)[O-])c1OC. The number of nitrogens with one attached hydrogen (secondary N) is 1. The van der Waals surface area contributed by atoms with Gasteiger partial charge in [0.2, 0.25) is 5.75 Å². The number of rotatable bonds is 8. The zero-order valence-electron chi connectivity index (χ0n) is 11.8. The molecule has 1 amide bonds. The molecule has 1 aromatic rings. The van der Waals surface area contributed by atoms with Crippen molar-refractivity contribution in [2.45, 2.75) is 12.5 Å². The third kappa shape index (κ3) is 4.68. The number of hydrogen-bond donors (Lipinski definition) is 1. The van der Waals surface area contributed by atoms with Gasteiger partial charge in [0, 0.05) is 18.5 Å². The van der Waals surface area contributed by atoms with Crippen LogP contribution in [0.3, 0.4) is 0 Å². The molecule has 1 rings (SSSR count). The van der Waals surface area contributed by atoms with Gasteiger partial charge in [-0.15, -0.1) is 0 Å². The van der Waals surface area contributed by atoms with Gasteiger partial charge in [-0.05, 0) is 12.5 Å². The van der Waals surface area contributed by atoms with E-state index in [0.717, 1.165) is 0 Å². The number of halogens is 1. The van der Waals surface area contributed by atoms with Gasteiger partial charge in [0.25, 0.3) is 5.91 Å². The van der Waals surface area contributed by atoms with E-state index >= 15 is 0 Å². The van der Waals surface area contributed by atoms with Crippen molar-refractivity contribution in [1.29, 1.82) is 0 Å². The van der Waals surface area contributed by atoms with Crippen molar-refractivity contribution in [2.24, 2.45) is 0 Å². The zero-order valence-corrected chi connectivity index (χ0v) is 13.4. The molecule has 0 radical (unpaired) electrons. The van der Waals surface area contributed by atoms with E-state index in [9.17, 15) is 14.9 Å². The minimum absolute atomic E-state index is 0.0463. The van der Waals surface area contributed by atoms with Crippen molar-refractivity contribution in [1.82, 2.24) is 5.32 Å². The fourth-order valence-corrected chi connectivity index (χ4v) is 2.41. The maximum atomic E-state index is 12.3. The van der Waals surface area contributed by atoms with Gasteiger partial charge in [-0.1, -0.05) is 22.0 Å². The summed E-state index contributed by atoms with van der Waals surface area (Å²) >= 11 is 3.30. The first kappa shape index (κ1) is 17.4. The lowest BCUT2D eigenvalue weighted by atomic mass is 10.1. The number of carbonyl (C=O) groups is 1. The van der Waals surface area contributed by atoms with Crippen molar-refractivity contribution >= 4 is 27.5 Å². The Labute approximate surface area is 130 Å². The van der Waals surface area contributed by atoms with Gasteiger partial charge < -0.3 is 14.8 Å². The monoisotopic (exact) mass is 360 g/mol. The second-order valence-corrected chi connectivity index (χ2v) is 5.01. The molecule has 1 unspecified atom stereocenters. The molecular formula is C13H17BrN2O5. The van der Waals surface area contributed by atoms with Crippen LogP contribution in [-0.2, 0) is 4.74 Å². The fraction of sp³-hybridized carbons (Fsp3) is 0.462. The Morgan fingerprint density at radius 3 is 2.71 bits per heavy atom. The van der Waals surface area contributed by atoms with Crippen LogP contribution in [0.25, 0.3) is 0 Å². The summed E-state index contributed by atoms with van der Waals surface area (Å²) in [6, 6.07) is 4.04. The molecule has 0 aromatic heterocycles. The third-order valence-electron chi connectivity index (χ3n) is 2.80. The third-order valence-corrected chi connectivity index (χ3v) is 3.26. The highest BCUT2D eigenvalue weighted by atomic mass is 79.9. The molecule has 0 aliphatic carbocycles. The Hall–Kier alpha value is -1.67. The van der Waals surface area contributed by atoms with E-state index in [0.29, 0.717) is 18.4 Å². The highest BCUT2D eigenvalue weighted by Crippen LogP contribution is 2.30. The number of nitrogens with zero attached hydrogens (tertiary/aromatic N) is 1. The molecule has 0 saturated carbocycles. The predicted octanol–water partition coefficient (Wildman–Crippen LogP) is 2.13. The molecule has 1 N–H and O–H groups in total. The summed E-state index contributed by atoms with van der Waals surface area (Å²) in [4.78, 5) is 22.6. The van der Waals surface area contributed by atoms with E-state index in [1.54, 1.807) is 7.11 Å². The Morgan fingerprint density at radius 2 is 2.19 bits per heavy atom. The molecule has 1 aromatic carbocycles. The summed E-state index contributed by atoms with van der Waals surface area (Å²) in [5.74, 6) is -0.478. The zero-order chi connectivity index (χ0) is 15.8. The minimum Gasteiger partial charge on any atom is -0.490 e. The smallest absolute Gasteiger partial charge is 0.311 e.